The molecule has 0 unspecified atom stereocenters. The van der Waals surface area contributed by atoms with Gasteiger partial charge in [-0.3, -0.25) is 0 Å². The van der Waals surface area contributed by atoms with Gasteiger partial charge in [-0.2, -0.15) is 0 Å². The first kappa shape index (κ1) is 15.0. The maximum Gasteiger partial charge on any atom is 0.165 e. The fraction of sp³-hybridized carbons (Fsp3) is 0.600. The number of nitrogens with one attached hydrogen (secondary N) is 1. The zero-order valence-corrected chi connectivity index (χ0v) is 11.8. The van der Waals surface area contributed by atoms with Gasteiger partial charge in [-0.05, 0) is 50.9 Å². The van der Waals surface area contributed by atoms with E-state index in [9.17, 15) is 4.39 Å². The Kier molecular flexibility index (Phi) is 5.60. The average Bonchev–Trinajstić information content (AvgIpc) is 2.33. The van der Waals surface area contributed by atoms with E-state index in [0.717, 1.165) is 24.9 Å². The average molecular weight is 253 g/mol. The summed E-state index contributed by atoms with van der Waals surface area (Å²) in [5, 5.41) is 3.25. The molecule has 0 spiro atoms. The molecule has 0 saturated heterocycles. The standard InChI is InChI=1S/C15H24FNO/c1-5-9-17-11-12-7-8-14(13(16)10-12)18-15(3,4)6-2/h7-8,10,17H,5-6,9,11H2,1-4H3. The first-order valence-corrected chi connectivity index (χ1v) is 6.66. The molecular formula is C15H24FNO. The van der Waals surface area contributed by atoms with Crippen LogP contribution in [0.5, 0.6) is 5.75 Å². The van der Waals surface area contributed by atoms with E-state index in [2.05, 4.69) is 12.2 Å². The normalized spacial score (nSPS) is 11.6. The molecule has 0 aliphatic carbocycles. The molecule has 1 N–H and O–H groups in total. The predicted molar refractivity (Wildman–Crippen MR) is 73.4 cm³/mol. The van der Waals surface area contributed by atoms with E-state index in [4.69, 9.17) is 4.74 Å². The van der Waals surface area contributed by atoms with Gasteiger partial charge < -0.3 is 10.1 Å². The van der Waals surface area contributed by atoms with Crippen molar-refractivity contribution in [3.63, 3.8) is 0 Å². The zero-order chi connectivity index (χ0) is 13.6. The Morgan fingerprint density at radius 2 is 2.00 bits per heavy atom. The monoisotopic (exact) mass is 253 g/mol. The molecule has 1 aromatic rings. The van der Waals surface area contributed by atoms with Crippen LogP contribution in [-0.4, -0.2) is 12.1 Å². The van der Waals surface area contributed by atoms with Crippen LogP contribution in [0.3, 0.4) is 0 Å². The molecule has 0 fully saturated rings. The van der Waals surface area contributed by atoms with Crippen molar-refractivity contribution in [2.75, 3.05) is 6.54 Å². The summed E-state index contributed by atoms with van der Waals surface area (Å²) in [5.74, 6) is 0.0495. The quantitative estimate of drug-likeness (QED) is 0.744. The van der Waals surface area contributed by atoms with Gasteiger partial charge in [0.15, 0.2) is 11.6 Å². The van der Waals surface area contributed by atoms with Crippen LogP contribution in [0.1, 0.15) is 46.1 Å². The molecule has 0 aromatic heterocycles. The van der Waals surface area contributed by atoms with Gasteiger partial charge in [-0.15, -0.1) is 0 Å². The van der Waals surface area contributed by atoms with Crippen LogP contribution >= 0.6 is 0 Å². The minimum Gasteiger partial charge on any atom is -0.485 e. The second-order valence-electron chi connectivity index (χ2n) is 5.16. The predicted octanol–water partition coefficient (Wildman–Crippen LogP) is 3.89. The summed E-state index contributed by atoms with van der Waals surface area (Å²) >= 11 is 0. The molecule has 0 radical (unpaired) electrons. The highest BCUT2D eigenvalue weighted by Gasteiger charge is 2.18. The van der Waals surface area contributed by atoms with Crippen molar-refractivity contribution < 1.29 is 9.13 Å². The summed E-state index contributed by atoms with van der Waals surface area (Å²) in [5.41, 5.74) is 0.616. The van der Waals surface area contributed by atoms with Crippen LogP contribution in [0, 0.1) is 5.82 Å². The lowest BCUT2D eigenvalue weighted by molar-refractivity contribution is 0.0994. The summed E-state index contributed by atoms with van der Waals surface area (Å²) in [7, 11) is 0. The largest absolute Gasteiger partial charge is 0.485 e. The maximum atomic E-state index is 13.9. The van der Waals surface area contributed by atoms with Crippen LogP contribution in [-0.2, 0) is 6.54 Å². The van der Waals surface area contributed by atoms with E-state index < -0.39 is 0 Å². The Labute approximate surface area is 110 Å². The molecule has 18 heavy (non-hydrogen) atoms. The molecule has 3 heteroatoms. The fourth-order valence-corrected chi connectivity index (χ4v) is 1.52. The lowest BCUT2D eigenvalue weighted by Crippen LogP contribution is -2.27. The summed E-state index contributed by atoms with van der Waals surface area (Å²) in [6, 6.07) is 5.17. The van der Waals surface area contributed by atoms with E-state index >= 15 is 0 Å². The van der Waals surface area contributed by atoms with Gasteiger partial charge in [0.1, 0.15) is 5.60 Å². The summed E-state index contributed by atoms with van der Waals surface area (Å²) in [6.45, 7) is 9.70. The number of benzene rings is 1. The third-order valence-corrected chi connectivity index (χ3v) is 2.99. The molecule has 0 aliphatic heterocycles. The molecular weight excluding hydrogens is 229 g/mol. The highest BCUT2D eigenvalue weighted by molar-refractivity contribution is 5.29. The SMILES string of the molecule is CCCNCc1ccc(OC(C)(C)CC)c(F)c1. The van der Waals surface area contributed by atoms with E-state index in [0.29, 0.717) is 12.3 Å². The number of rotatable bonds is 7. The number of ether oxygens (including phenoxy) is 1. The van der Waals surface area contributed by atoms with Crippen molar-refractivity contribution in [1.29, 1.82) is 0 Å². The topological polar surface area (TPSA) is 21.3 Å². The molecule has 2 nitrogen and oxygen atoms in total. The van der Waals surface area contributed by atoms with Gasteiger partial charge in [-0.25, -0.2) is 4.39 Å². The fourth-order valence-electron chi connectivity index (χ4n) is 1.52. The maximum absolute atomic E-state index is 13.9. The summed E-state index contributed by atoms with van der Waals surface area (Å²) < 4.78 is 19.5. The lowest BCUT2D eigenvalue weighted by atomic mass is 10.1. The third kappa shape index (κ3) is 4.65. The lowest BCUT2D eigenvalue weighted by Gasteiger charge is -2.25. The Morgan fingerprint density at radius 1 is 1.28 bits per heavy atom. The Morgan fingerprint density at radius 3 is 2.56 bits per heavy atom. The van der Waals surface area contributed by atoms with E-state index in [1.807, 2.05) is 26.8 Å². The first-order valence-electron chi connectivity index (χ1n) is 6.66. The van der Waals surface area contributed by atoms with Crippen molar-refractivity contribution in [2.45, 2.75) is 52.7 Å². The Bertz CT molecular complexity index is 377. The second-order valence-corrected chi connectivity index (χ2v) is 5.16. The van der Waals surface area contributed by atoms with E-state index in [1.165, 1.54) is 0 Å². The number of hydrogen-bond acceptors (Lipinski definition) is 2. The van der Waals surface area contributed by atoms with Gasteiger partial charge in [0, 0.05) is 6.54 Å². The first-order chi connectivity index (χ1) is 8.48. The van der Waals surface area contributed by atoms with Gasteiger partial charge in [0.2, 0.25) is 0 Å². The molecule has 0 atom stereocenters. The molecule has 0 saturated carbocycles. The molecule has 0 heterocycles. The zero-order valence-electron chi connectivity index (χ0n) is 11.8. The molecule has 0 amide bonds. The van der Waals surface area contributed by atoms with Crippen LogP contribution in [0.4, 0.5) is 4.39 Å². The number of halogens is 1. The molecule has 1 rings (SSSR count). The van der Waals surface area contributed by atoms with Gasteiger partial charge in [-0.1, -0.05) is 19.9 Å². The van der Waals surface area contributed by atoms with Crippen molar-refractivity contribution in [3.05, 3.63) is 29.6 Å². The van der Waals surface area contributed by atoms with Crippen LogP contribution in [0.25, 0.3) is 0 Å². The van der Waals surface area contributed by atoms with Crippen molar-refractivity contribution in [1.82, 2.24) is 5.32 Å². The molecule has 0 aliphatic rings. The van der Waals surface area contributed by atoms with Crippen molar-refractivity contribution >= 4 is 0 Å². The molecule has 102 valence electrons. The highest BCUT2D eigenvalue weighted by Crippen LogP contribution is 2.24. The smallest absolute Gasteiger partial charge is 0.165 e. The highest BCUT2D eigenvalue weighted by atomic mass is 19.1. The third-order valence-electron chi connectivity index (χ3n) is 2.99. The minimum absolute atomic E-state index is 0.285. The van der Waals surface area contributed by atoms with Crippen LogP contribution < -0.4 is 10.1 Å². The Hall–Kier alpha value is -1.09. The van der Waals surface area contributed by atoms with Crippen LogP contribution in [0.2, 0.25) is 0 Å². The summed E-state index contributed by atoms with van der Waals surface area (Å²) in [6.07, 6.45) is 1.92. The van der Waals surface area contributed by atoms with Crippen molar-refractivity contribution in [2.24, 2.45) is 0 Å². The Balaban J connectivity index is 2.67. The summed E-state index contributed by atoms with van der Waals surface area (Å²) in [4.78, 5) is 0. The van der Waals surface area contributed by atoms with E-state index in [1.54, 1.807) is 12.1 Å². The van der Waals surface area contributed by atoms with Gasteiger partial charge in [0.05, 0.1) is 0 Å². The van der Waals surface area contributed by atoms with Gasteiger partial charge >= 0.3 is 0 Å². The molecule has 0 bridgehead atoms. The van der Waals surface area contributed by atoms with E-state index in [-0.39, 0.29) is 11.4 Å². The molecule has 1 aromatic carbocycles. The minimum atomic E-state index is -0.331. The number of hydrogen-bond donors (Lipinski definition) is 1. The second kappa shape index (κ2) is 6.74. The van der Waals surface area contributed by atoms with Gasteiger partial charge in [0.25, 0.3) is 0 Å². The van der Waals surface area contributed by atoms with Crippen molar-refractivity contribution in [3.8, 4) is 5.75 Å². The van der Waals surface area contributed by atoms with Crippen LogP contribution in [0.15, 0.2) is 18.2 Å².